The van der Waals surface area contributed by atoms with E-state index in [0.717, 1.165) is 25.7 Å². The molecule has 0 saturated heterocycles. The fourth-order valence-electron chi connectivity index (χ4n) is 7.77. The fraction of sp³-hybridized carbons (Fsp3) is 0.939. The third kappa shape index (κ3) is 42.1. The van der Waals surface area contributed by atoms with E-state index in [1.165, 1.54) is 225 Å². The number of hydrogen-bond donors (Lipinski definition) is 3. The number of carbonyl (C=O) groups is 1. The van der Waals surface area contributed by atoms with Gasteiger partial charge in [0.05, 0.1) is 18.8 Å². The largest absolute Gasteiger partial charge is 0.394 e. The minimum absolute atomic E-state index is 0.0272. The van der Waals surface area contributed by atoms with E-state index in [4.69, 9.17) is 0 Å². The van der Waals surface area contributed by atoms with Gasteiger partial charge in [0.2, 0.25) is 5.91 Å². The molecular weight excluding hydrogens is 651 g/mol. The van der Waals surface area contributed by atoms with Crippen molar-refractivity contribution < 1.29 is 15.0 Å². The molecule has 0 aliphatic rings. The molecule has 2 unspecified atom stereocenters. The number of unbranched alkanes of at least 4 members (excludes halogenated alkanes) is 36. The zero-order chi connectivity index (χ0) is 38.6. The Morgan fingerprint density at radius 3 is 1.04 bits per heavy atom. The molecular formula is C49H97NO3. The van der Waals surface area contributed by atoms with Crippen molar-refractivity contribution in [2.75, 3.05) is 6.61 Å². The van der Waals surface area contributed by atoms with Crippen LogP contribution >= 0.6 is 0 Å². The van der Waals surface area contributed by atoms with Gasteiger partial charge in [0.15, 0.2) is 0 Å². The van der Waals surface area contributed by atoms with Gasteiger partial charge in [-0.1, -0.05) is 244 Å². The molecule has 0 aliphatic carbocycles. The maximum atomic E-state index is 12.4. The summed E-state index contributed by atoms with van der Waals surface area (Å²) < 4.78 is 0. The van der Waals surface area contributed by atoms with Crippen LogP contribution in [-0.4, -0.2) is 34.9 Å². The molecule has 0 heterocycles. The summed E-state index contributed by atoms with van der Waals surface area (Å²) in [6.45, 7) is 4.38. The normalized spacial score (nSPS) is 12.9. The van der Waals surface area contributed by atoms with Crippen molar-refractivity contribution in [2.45, 2.75) is 289 Å². The Bertz CT molecular complexity index is 725. The number of rotatable bonds is 45. The van der Waals surface area contributed by atoms with Gasteiger partial charge in [-0.15, -0.1) is 0 Å². The van der Waals surface area contributed by atoms with Crippen LogP contribution in [0.4, 0.5) is 0 Å². The average Bonchev–Trinajstić information content (AvgIpc) is 3.16. The monoisotopic (exact) mass is 748 g/mol. The van der Waals surface area contributed by atoms with Crippen LogP contribution in [-0.2, 0) is 4.79 Å². The minimum atomic E-state index is -0.655. The van der Waals surface area contributed by atoms with Gasteiger partial charge in [-0.2, -0.15) is 0 Å². The van der Waals surface area contributed by atoms with E-state index in [2.05, 4.69) is 31.3 Å². The summed E-state index contributed by atoms with van der Waals surface area (Å²) in [6.07, 6.45) is 57.3. The molecule has 2 atom stereocenters. The summed E-state index contributed by atoms with van der Waals surface area (Å²) >= 11 is 0. The molecule has 3 N–H and O–H groups in total. The Morgan fingerprint density at radius 2 is 0.717 bits per heavy atom. The maximum absolute atomic E-state index is 12.4. The van der Waals surface area contributed by atoms with E-state index >= 15 is 0 Å². The van der Waals surface area contributed by atoms with Gasteiger partial charge in [0.1, 0.15) is 0 Å². The quantitative estimate of drug-likeness (QED) is 0.0429. The zero-order valence-corrected chi connectivity index (χ0v) is 36.3. The van der Waals surface area contributed by atoms with Crippen LogP contribution in [0.15, 0.2) is 12.2 Å². The van der Waals surface area contributed by atoms with Crippen molar-refractivity contribution in [3.8, 4) is 0 Å². The first-order valence-corrected chi connectivity index (χ1v) is 24.4. The number of carbonyl (C=O) groups excluding carboxylic acids is 1. The van der Waals surface area contributed by atoms with Crippen LogP contribution in [0.1, 0.15) is 277 Å². The molecule has 53 heavy (non-hydrogen) atoms. The molecule has 4 nitrogen and oxygen atoms in total. The Labute approximate surface area is 333 Å². The summed E-state index contributed by atoms with van der Waals surface area (Å²) in [5.74, 6) is -0.0272. The third-order valence-corrected chi connectivity index (χ3v) is 11.5. The van der Waals surface area contributed by atoms with Gasteiger partial charge < -0.3 is 15.5 Å². The summed E-state index contributed by atoms with van der Waals surface area (Å²) in [5, 5.41) is 23.2. The standard InChI is InChI=1S/C49H97NO3/c1-3-5-7-9-11-13-15-17-19-21-22-23-24-25-26-27-28-29-31-33-35-37-39-41-43-45-49(53)50-47(46-51)48(52)44-42-40-38-36-34-32-30-20-18-16-14-12-10-8-6-4-2/h21-22,47-48,51-52H,3-20,23-46H2,1-2H3,(H,50,53)/b22-21-. The van der Waals surface area contributed by atoms with Crippen LogP contribution in [0.5, 0.6) is 0 Å². The Balaban J connectivity index is 3.45. The molecule has 1 amide bonds. The van der Waals surface area contributed by atoms with Crippen LogP contribution in [0.2, 0.25) is 0 Å². The summed E-state index contributed by atoms with van der Waals surface area (Å²) in [5.41, 5.74) is 0. The molecule has 0 bridgehead atoms. The second-order valence-corrected chi connectivity index (χ2v) is 16.9. The first-order chi connectivity index (χ1) is 26.2. The zero-order valence-electron chi connectivity index (χ0n) is 36.3. The van der Waals surface area contributed by atoms with E-state index in [-0.39, 0.29) is 12.5 Å². The number of nitrogens with one attached hydrogen (secondary N) is 1. The highest BCUT2D eigenvalue weighted by Crippen LogP contribution is 2.17. The van der Waals surface area contributed by atoms with Crippen molar-refractivity contribution in [3.05, 3.63) is 12.2 Å². The Hall–Kier alpha value is -0.870. The van der Waals surface area contributed by atoms with Crippen molar-refractivity contribution in [1.82, 2.24) is 5.32 Å². The lowest BCUT2D eigenvalue weighted by Crippen LogP contribution is -2.45. The number of hydrogen-bond acceptors (Lipinski definition) is 3. The molecule has 0 aromatic rings. The van der Waals surface area contributed by atoms with Crippen LogP contribution in [0.25, 0.3) is 0 Å². The molecule has 316 valence electrons. The second kappa shape index (κ2) is 45.5. The summed E-state index contributed by atoms with van der Waals surface area (Å²) in [6, 6.07) is -0.532. The van der Waals surface area contributed by atoms with Crippen LogP contribution in [0, 0.1) is 0 Å². The topological polar surface area (TPSA) is 69.6 Å². The van der Waals surface area contributed by atoms with Crippen molar-refractivity contribution in [1.29, 1.82) is 0 Å². The molecule has 0 aromatic carbocycles. The number of allylic oxidation sites excluding steroid dienone is 2. The lowest BCUT2D eigenvalue weighted by molar-refractivity contribution is -0.123. The van der Waals surface area contributed by atoms with Gasteiger partial charge in [0.25, 0.3) is 0 Å². The van der Waals surface area contributed by atoms with Crippen LogP contribution < -0.4 is 5.32 Å². The third-order valence-electron chi connectivity index (χ3n) is 11.5. The highest BCUT2D eigenvalue weighted by Gasteiger charge is 2.20. The highest BCUT2D eigenvalue weighted by atomic mass is 16.3. The summed E-state index contributed by atoms with van der Waals surface area (Å²) in [4.78, 5) is 12.4. The predicted molar refractivity (Wildman–Crippen MR) is 235 cm³/mol. The first kappa shape index (κ1) is 52.1. The van der Waals surface area contributed by atoms with Gasteiger partial charge in [-0.05, 0) is 38.5 Å². The van der Waals surface area contributed by atoms with Crippen molar-refractivity contribution in [2.24, 2.45) is 0 Å². The molecule has 0 spiro atoms. The van der Waals surface area contributed by atoms with E-state index in [9.17, 15) is 15.0 Å². The Kier molecular flexibility index (Phi) is 44.8. The molecule has 0 aliphatic heterocycles. The van der Waals surface area contributed by atoms with E-state index in [1.807, 2.05) is 0 Å². The van der Waals surface area contributed by atoms with Crippen molar-refractivity contribution >= 4 is 5.91 Å². The lowest BCUT2D eigenvalue weighted by Gasteiger charge is -2.22. The average molecular weight is 748 g/mol. The highest BCUT2D eigenvalue weighted by molar-refractivity contribution is 5.76. The number of aliphatic hydroxyl groups excluding tert-OH is 2. The fourth-order valence-corrected chi connectivity index (χ4v) is 7.77. The van der Waals surface area contributed by atoms with Gasteiger partial charge in [-0.3, -0.25) is 4.79 Å². The second-order valence-electron chi connectivity index (χ2n) is 16.9. The molecule has 0 radical (unpaired) electrons. The minimum Gasteiger partial charge on any atom is -0.394 e. The number of aliphatic hydroxyl groups is 2. The SMILES string of the molecule is CCCCCCCCCC/C=C\CCCCCCCCCCCCCCCC(=O)NC(CO)C(O)CCCCCCCCCCCCCCCCCC. The van der Waals surface area contributed by atoms with Crippen LogP contribution in [0.3, 0.4) is 0 Å². The van der Waals surface area contributed by atoms with E-state index < -0.39 is 12.1 Å². The molecule has 0 fully saturated rings. The van der Waals surface area contributed by atoms with Gasteiger partial charge in [-0.25, -0.2) is 0 Å². The van der Waals surface area contributed by atoms with Gasteiger partial charge >= 0.3 is 0 Å². The first-order valence-electron chi connectivity index (χ1n) is 24.4. The van der Waals surface area contributed by atoms with Crippen molar-refractivity contribution in [3.63, 3.8) is 0 Å². The van der Waals surface area contributed by atoms with E-state index in [1.54, 1.807) is 0 Å². The smallest absolute Gasteiger partial charge is 0.220 e. The summed E-state index contributed by atoms with van der Waals surface area (Å²) in [7, 11) is 0. The maximum Gasteiger partial charge on any atom is 0.220 e. The molecule has 4 heteroatoms. The number of amides is 1. The lowest BCUT2D eigenvalue weighted by atomic mass is 10.0. The van der Waals surface area contributed by atoms with E-state index in [0.29, 0.717) is 12.8 Å². The predicted octanol–water partition coefficient (Wildman–Crippen LogP) is 15.4. The van der Waals surface area contributed by atoms with Gasteiger partial charge in [0, 0.05) is 6.42 Å². The molecule has 0 saturated carbocycles. The molecule has 0 aromatic heterocycles. The molecule has 0 rings (SSSR count). The Morgan fingerprint density at radius 1 is 0.434 bits per heavy atom.